The van der Waals surface area contributed by atoms with Gasteiger partial charge in [-0.25, -0.2) is 8.42 Å². The van der Waals surface area contributed by atoms with Crippen molar-refractivity contribution in [2.24, 2.45) is 5.92 Å². The molecule has 34 heavy (non-hydrogen) atoms. The van der Waals surface area contributed by atoms with E-state index < -0.39 is 10.0 Å². The largest absolute Gasteiger partial charge is 0.489 e. The molecule has 1 atom stereocenters. The third-order valence-corrected chi connectivity index (χ3v) is 6.45. The van der Waals surface area contributed by atoms with Crippen molar-refractivity contribution in [3.63, 3.8) is 0 Å². The Morgan fingerprint density at radius 2 is 1.50 bits per heavy atom. The number of anilines is 1. The Bertz CT molecular complexity index is 1150. The highest BCUT2D eigenvalue weighted by atomic mass is 32.2. The minimum absolute atomic E-state index is 0.191. The SMILES string of the molecule is CC(C)C[C@H](NC(=O)CN(c1ccc(OCc2ccccc2)cc1)S(C)(=O)=O)c1ccccc1. The molecule has 0 bridgehead atoms. The van der Waals surface area contributed by atoms with Crippen molar-refractivity contribution in [2.75, 3.05) is 17.1 Å². The zero-order chi connectivity index (χ0) is 24.6. The molecule has 0 saturated heterocycles. The van der Waals surface area contributed by atoms with Crippen LogP contribution in [0.1, 0.15) is 37.4 Å². The lowest BCUT2D eigenvalue weighted by atomic mass is 9.97. The predicted molar refractivity (Wildman–Crippen MR) is 136 cm³/mol. The first kappa shape index (κ1) is 25.3. The van der Waals surface area contributed by atoms with E-state index in [1.165, 1.54) is 0 Å². The molecular formula is C27H32N2O4S. The summed E-state index contributed by atoms with van der Waals surface area (Å²) in [5.41, 5.74) is 2.44. The number of sulfonamides is 1. The summed E-state index contributed by atoms with van der Waals surface area (Å²) >= 11 is 0. The van der Waals surface area contributed by atoms with E-state index in [0.717, 1.165) is 28.1 Å². The van der Waals surface area contributed by atoms with E-state index in [1.54, 1.807) is 24.3 Å². The summed E-state index contributed by atoms with van der Waals surface area (Å²) in [6.45, 7) is 4.29. The van der Waals surface area contributed by atoms with Gasteiger partial charge in [0.05, 0.1) is 18.0 Å². The molecule has 0 aliphatic heterocycles. The molecule has 3 rings (SSSR count). The fourth-order valence-electron chi connectivity index (χ4n) is 3.66. The van der Waals surface area contributed by atoms with Crippen LogP contribution in [0.15, 0.2) is 84.9 Å². The molecule has 6 nitrogen and oxygen atoms in total. The van der Waals surface area contributed by atoms with Crippen molar-refractivity contribution in [3.05, 3.63) is 96.1 Å². The summed E-state index contributed by atoms with van der Waals surface area (Å²) in [5.74, 6) is 0.621. The number of nitrogens with one attached hydrogen (secondary N) is 1. The van der Waals surface area contributed by atoms with Gasteiger partial charge in [0.25, 0.3) is 0 Å². The molecular weight excluding hydrogens is 448 g/mol. The molecule has 0 heterocycles. The Labute approximate surface area is 202 Å². The fraction of sp³-hybridized carbons (Fsp3) is 0.296. The summed E-state index contributed by atoms with van der Waals surface area (Å²) in [4.78, 5) is 12.9. The van der Waals surface area contributed by atoms with Crippen molar-refractivity contribution >= 4 is 21.6 Å². The van der Waals surface area contributed by atoms with E-state index in [-0.39, 0.29) is 18.5 Å². The number of hydrogen-bond donors (Lipinski definition) is 1. The number of rotatable bonds is 11. The lowest BCUT2D eigenvalue weighted by molar-refractivity contribution is -0.120. The molecule has 3 aromatic carbocycles. The zero-order valence-corrected chi connectivity index (χ0v) is 20.7. The summed E-state index contributed by atoms with van der Waals surface area (Å²) in [5, 5.41) is 3.02. The van der Waals surface area contributed by atoms with Crippen molar-refractivity contribution in [1.29, 1.82) is 0 Å². The van der Waals surface area contributed by atoms with Gasteiger partial charge in [-0.2, -0.15) is 0 Å². The van der Waals surface area contributed by atoms with Crippen LogP contribution in [0, 0.1) is 5.92 Å². The molecule has 1 amide bonds. The normalized spacial score (nSPS) is 12.2. The molecule has 7 heteroatoms. The first-order chi connectivity index (χ1) is 16.2. The van der Waals surface area contributed by atoms with Gasteiger partial charge in [0, 0.05) is 0 Å². The van der Waals surface area contributed by atoms with E-state index in [1.807, 2.05) is 60.7 Å². The Morgan fingerprint density at radius 1 is 0.912 bits per heavy atom. The number of nitrogens with zero attached hydrogens (tertiary/aromatic N) is 1. The monoisotopic (exact) mass is 480 g/mol. The molecule has 0 aromatic heterocycles. The number of benzene rings is 3. The van der Waals surface area contributed by atoms with Crippen LogP contribution in [0.4, 0.5) is 5.69 Å². The van der Waals surface area contributed by atoms with Crippen LogP contribution in [0.5, 0.6) is 5.75 Å². The van der Waals surface area contributed by atoms with Gasteiger partial charge >= 0.3 is 0 Å². The Balaban J connectivity index is 1.70. The van der Waals surface area contributed by atoms with Crippen LogP contribution in [0.25, 0.3) is 0 Å². The van der Waals surface area contributed by atoms with Gasteiger partial charge < -0.3 is 10.1 Å². The molecule has 0 unspecified atom stereocenters. The molecule has 1 N–H and O–H groups in total. The second kappa shape index (κ2) is 11.7. The quantitative estimate of drug-likeness (QED) is 0.422. The van der Waals surface area contributed by atoms with Crippen molar-refractivity contribution in [2.45, 2.75) is 32.9 Å². The first-order valence-electron chi connectivity index (χ1n) is 11.3. The third kappa shape index (κ3) is 7.63. The van der Waals surface area contributed by atoms with E-state index in [0.29, 0.717) is 24.0 Å². The minimum atomic E-state index is -3.67. The minimum Gasteiger partial charge on any atom is -0.489 e. The maximum Gasteiger partial charge on any atom is 0.241 e. The standard InChI is InChI=1S/C27H32N2O4S/c1-21(2)18-26(23-12-8-5-9-13-23)28-27(30)19-29(34(3,31)32)24-14-16-25(17-15-24)33-20-22-10-6-4-7-11-22/h4-17,21,26H,18-20H2,1-3H3,(H,28,30)/t26-/m0/s1. The van der Waals surface area contributed by atoms with Gasteiger partial charge in [0.1, 0.15) is 18.9 Å². The third-order valence-electron chi connectivity index (χ3n) is 5.30. The van der Waals surface area contributed by atoms with Crippen LogP contribution < -0.4 is 14.4 Å². The van der Waals surface area contributed by atoms with Crippen molar-refractivity contribution in [3.8, 4) is 5.75 Å². The molecule has 0 aliphatic rings. The maximum atomic E-state index is 12.9. The first-order valence-corrected chi connectivity index (χ1v) is 13.2. The van der Waals surface area contributed by atoms with E-state index in [9.17, 15) is 13.2 Å². The van der Waals surface area contributed by atoms with Crippen LogP contribution in [-0.4, -0.2) is 27.1 Å². The molecule has 0 radical (unpaired) electrons. The van der Waals surface area contributed by atoms with Gasteiger partial charge in [-0.3, -0.25) is 9.10 Å². The molecule has 0 spiro atoms. The molecule has 180 valence electrons. The zero-order valence-electron chi connectivity index (χ0n) is 19.8. The Hall–Kier alpha value is -3.32. The Kier molecular flexibility index (Phi) is 8.71. The smallest absolute Gasteiger partial charge is 0.241 e. The van der Waals surface area contributed by atoms with Gasteiger partial charge in [0.15, 0.2) is 0 Å². The molecule has 0 aliphatic carbocycles. The van der Waals surface area contributed by atoms with E-state index in [4.69, 9.17) is 4.74 Å². The fourth-order valence-corrected chi connectivity index (χ4v) is 4.51. The highest BCUT2D eigenvalue weighted by Gasteiger charge is 2.23. The predicted octanol–water partition coefficient (Wildman–Crippen LogP) is 4.94. The van der Waals surface area contributed by atoms with Crippen LogP contribution in [-0.2, 0) is 21.4 Å². The average Bonchev–Trinajstić information content (AvgIpc) is 2.81. The summed E-state index contributed by atoms with van der Waals surface area (Å²) in [6, 6.07) is 26.0. The second-order valence-electron chi connectivity index (χ2n) is 8.70. The summed E-state index contributed by atoms with van der Waals surface area (Å²) < 4.78 is 31.9. The maximum absolute atomic E-state index is 12.9. The summed E-state index contributed by atoms with van der Waals surface area (Å²) in [6.07, 6.45) is 1.85. The lowest BCUT2D eigenvalue weighted by Crippen LogP contribution is -2.41. The Morgan fingerprint density at radius 3 is 2.06 bits per heavy atom. The molecule has 0 fully saturated rings. The molecule has 0 saturated carbocycles. The van der Waals surface area contributed by atoms with Crippen LogP contribution in [0.3, 0.4) is 0 Å². The number of carbonyl (C=O) groups excluding carboxylic acids is 1. The second-order valence-corrected chi connectivity index (χ2v) is 10.6. The van der Waals surface area contributed by atoms with Crippen LogP contribution in [0.2, 0.25) is 0 Å². The van der Waals surface area contributed by atoms with Gasteiger partial charge in [-0.15, -0.1) is 0 Å². The van der Waals surface area contributed by atoms with E-state index >= 15 is 0 Å². The van der Waals surface area contributed by atoms with E-state index in [2.05, 4.69) is 19.2 Å². The number of ether oxygens (including phenoxy) is 1. The van der Waals surface area contributed by atoms with Gasteiger partial charge in [0.2, 0.25) is 15.9 Å². The average molecular weight is 481 g/mol. The van der Waals surface area contributed by atoms with Crippen LogP contribution >= 0.6 is 0 Å². The van der Waals surface area contributed by atoms with Crippen molar-refractivity contribution < 1.29 is 17.9 Å². The number of hydrogen-bond acceptors (Lipinski definition) is 4. The van der Waals surface area contributed by atoms with Gasteiger partial charge in [-0.1, -0.05) is 74.5 Å². The van der Waals surface area contributed by atoms with Gasteiger partial charge in [-0.05, 0) is 47.7 Å². The molecule has 3 aromatic rings. The summed E-state index contributed by atoms with van der Waals surface area (Å²) in [7, 11) is -3.67. The highest BCUT2D eigenvalue weighted by molar-refractivity contribution is 7.92. The topological polar surface area (TPSA) is 75.7 Å². The number of amides is 1. The highest BCUT2D eigenvalue weighted by Crippen LogP contribution is 2.24. The van der Waals surface area contributed by atoms with Crippen molar-refractivity contribution in [1.82, 2.24) is 5.32 Å². The number of carbonyl (C=O) groups is 1. The lowest BCUT2D eigenvalue weighted by Gasteiger charge is -2.25.